The summed E-state index contributed by atoms with van der Waals surface area (Å²) in [5.74, 6) is -13.8. The van der Waals surface area contributed by atoms with Gasteiger partial charge in [-0.1, -0.05) is 12.1 Å². The molecule has 0 amide bonds. The van der Waals surface area contributed by atoms with Gasteiger partial charge in [0.15, 0.2) is 53.0 Å². The molecular formula is C50H44O22. The number of benzene rings is 6. The first-order valence-corrected chi connectivity index (χ1v) is 22.2. The van der Waals surface area contributed by atoms with E-state index in [0.29, 0.717) is 0 Å². The number of hydrogen-bond donors (Lipinski definition) is 16. The fourth-order valence-electron chi connectivity index (χ4n) is 10.5. The lowest BCUT2D eigenvalue weighted by atomic mass is 9.71. The smallest absolute Gasteiger partial charge is 0.305 e. The molecule has 11 rings (SSSR count). The maximum absolute atomic E-state index is 12.8. The normalized spacial score (nSPS) is 28.9. The van der Waals surface area contributed by atoms with E-state index in [-0.39, 0.29) is 73.9 Å². The van der Waals surface area contributed by atoms with Crippen LogP contribution in [0, 0.1) is 0 Å². The Labute approximate surface area is 404 Å². The van der Waals surface area contributed by atoms with Crippen LogP contribution in [0.15, 0.2) is 78.9 Å². The highest BCUT2D eigenvalue weighted by atomic mass is 16.8. The number of aromatic hydroxyl groups is 11. The Kier molecular flexibility index (Phi) is 10.7. The first-order valence-electron chi connectivity index (χ1n) is 22.2. The molecule has 12 atom stereocenters. The van der Waals surface area contributed by atoms with Gasteiger partial charge in [-0.05, 0) is 53.6 Å². The van der Waals surface area contributed by atoms with E-state index in [1.165, 1.54) is 18.2 Å². The van der Waals surface area contributed by atoms with Gasteiger partial charge in [-0.3, -0.25) is 0 Å². The molecule has 0 spiro atoms. The molecular weight excluding hydrogens is 953 g/mol. The topological polar surface area (TPSA) is 379 Å². The van der Waals surface area contributed by atoms with Crippen LogP contribution in [-0.4, -0.2) is 131 Å². The molecule has 16 N–H and O–H groups in total. The number of ether oxygens (including phenoxy) is 6. The van der Waals surface area contributed by atoms with Gasteiger partial charge >= 0.3 is 5.79 Å². The average Bonchev–Trinajstić information content (AvgIpc) is 3.32. The van der Waals surface area contributed by atoms with Crippen molar-refractivity contribution in [2.24, 2.45) is 0 Å². The molecule has 0 radical (unpaired) electrons. The molecule has 5 aliphatic rings. The highest BCUT2D eigenvalue weighted by Crippen LogP contribution is 2.66. The van der Waals surface area contributed by atoms with Gasteiger partial charge in [-0.25, -0.2) is 0 Å². The zero-order valence-corrected chi connectivity index (χ0v) is 36.9. The summed E-state index contributed by atoms with van der Waals surface area (Å²) in [6.07, 6.45) is -15.8. The van der Waals surface area contributed by atoms with Crippen molar-refractivity contribution in [1.29, 1.82) is 0 Å². The maximum atomic E-state index is 12.8. The number of fused-ring (bicyclic) bond motifs is 9. The van der Waals surface area contributed by atoms with Crippen LogP contribution in [0.2, 0.25) is 0 Å². The van der Waals surface area contributed by atoms with Crippen LogP contribution in [0.5, 0.6) is 86.2 Å². The van der Waals surface area contributed by atoms with Crippen molar-refractivity contribution in [1.82, 2.24) is 0 Å². The molecule has 6 aromatic rings. The quantitative estimate of drug-likeness (QED) is 0.107. The Bertz CT molecular complexity index is 3200. The average molecular weight is 997 g/mol. The third-order valence-electron chi connectivity index (χ3n) is 13.9. The Hall–Kier alpha value is -7.96. The lowest BCUT2D eigenvalue weighted by Gasteiger charge is -2.53. The summed E-state index contributed by atoms with van der Waals surface area (Å²) in [5, 5.41) is 178. The van der Waals surface area contributed by atoms with Gasteiger partial charge in [-0.2, -0.15) is 0 Å². The minimum atomic E-state index is -2.45. The van der Waals surface area contributed by atoms with E-state index in [0.717, 1.165) is 60.7 Å². The predicted octanol–water partition coefficient (Wildman–Crippen LogP) is 2.71. The van der Waals surface area contributed by atoms with Crippen molar-refractivity contribution in [2.45, 2.75) is 79.2 Å². The summed E-state index contributed by atoms with van der Waals surface area (Å²) < 4.78 is 38.7. The molecule has 12 unspecified atom stereocenters. The van der Waals surface area contributed by atoms with Crippen LogP contribution in [0.25, 0.3) is 0 Å². The Morgan fingerprint density at radius 2 is 1.03 bits per heavy atom. The summed E-state index contributed by atoms with van der Waals surface area (Å²) in [5.41, 5.74) is -1.05. The third kappa shape index (κ3) is 6.98. The molecule has 2 bridgehead atoms. The lowest BCUT2D eigenvalue weighted by Crippen LogP contribution is -2.62. The van der Waals surface area contributed by atoms with Gasteiger partial charge in [0, 0.05) is 64.1 Å². The molecule has 5 heterocycles. The summed E-state index contributed by atoms with van der Waals surface area (Å²) in [6.45, 7) is -0.567. The van der Waals surface area contributed by atoms with E-state index in [2.05, 4.69) is 0 Å². The highest BCUT2D eigenvalue weighted by Gasteiger charge is 2.63. The van der Waals surface area contributed by atoms with E-state index < -0.39 is 143 Å². The number of phenolic OH excluding ortho intramolecular Hbond substituents is 11. The van der Waals surface area contributed by atoms with E-state index in [1.54, 1.807) is 0 Å². The van der Waals surface area contributed by atoms with E-state index in [1.807, 2.05) is 0 Å². The molecule has 0 saturated carbocycles. The van der Waals surface area contributed by atoms with Crippen LogP contribution in [0.4, 0.5) is 0 Å². The van der Waals surface area contributed by atoms with E-state index in [4.69, 9.17) is 28.4 Å². The fourth-order valence-corrected chi connectivity index (χ4v) is 10.5. The second-order valence-electron chi connectivity index (χ2n) is 18.2. The number of aliphatic hydroxyl groups excluding tert-OH is 5. The van der Waals surface area contributed by atoms with Gasteiger partial charge in [0.05, 0.1) is 24.5 Å². The first-order chi connectivity index (χ1) is 34.3. The van der Waals surface area contributed by atoms with Crippen LogP contribution in [0.1, 0.15) is 68.6 Å². The van der Waals surface area contributed by atoms with Gasteiger partial charge in [0.1, 0.15) is 82.3 Å². The zero-order chi connectivity index (χ0) is 51.0. The van der Waals surface area contributed by atoms with Crippen molar-refractivity contribution < 1.29 is 110 Å². The number of aliphatic hydroxyl groups is 5. The molecule has 0 aliphatic carbocycles. The molecule has 22 heteroatoms. The highest BCUT2D eigenvalue weighted by molar-refractivity contribution is 5.72. The molecule has 22 nitrogen and oxygen atoms in total. The summed E-state index contributed by atoms with van der Waals surface area (Å²) >= 11 is 0. The standard InChI is InChI=1S/C50H44O22/c51-19-10-28(59)35-33(11-19)71-50(18-3-6-23(54)27(58)9-18)48(70-49-43(66)41(64)32(63)15-67-49)40(35)38-34(72-50)14-30(61)37-39(42(65)45(69-47(37)38)17-2-5-22(53)26(57)8-17)36-29(60)13-24(55)20-12-31(62)44(68-46(20)36)16-1-4-21(52)25(56)7-16/h1-11,13-14,31-32,39-45,48-49,51-66H,12,15H2. The number of hydrogen-bond acceptors (Lipinski definition) is 22. The largest absolute Gasteiger partial charge is 0.508 e. The first kappa shape index (κ1) is 46.4. The van der Waals surface area contributed by atoms with Crippen molar-refractivity contribution >= 4 is 0 Å². The van der Waals surface area contributed by atoms with Crippen LogP contribution < -0.4 is 18.9 Å². The summed E-state index contributed by atoms with van der Waals surface area (Å²) in [4.78, 5) is 0. The number of phenols is 11. The minimum Gasteiger partial charge on any atom is -0.508 e. The maximum Gasteiger partial charge on any atom is 0.305 e. The minimum absolute atomic E-state index is 0.0173. The second kappa shape index (κ2) is 16.6. The van der Waals surface area contributed by atoms with Crippen molar-refractivity contribution in [2.75, 3.05) is 6.61 Å². The van der Waals surface area contributed by atoms with Crippen LogP contribution >= 0.6 is 0 Å². The van der Waals surface area contributed by atoms with Crippen molar-refractivity contribution in [3.05, 3.63) is 123 Å². The fraction of sp³-hybridized carbons (Fsp3) is 0.280. The third-order valence-corrected chi connectivity index (χ3v) is 13.9. The molecule has 5 aliphatic heterocycles. The number of rotatable bonds is 6. The van der Waals surface area contributed by atoms with Crippen LogP contribution in [0.3, 0.4) is 0 Å². The van der Waals surface area contributed by atoms with Gasteiger partial charge < -0.3 is 110 Å². The SMILES string of the molecule is Oc1cc(O)c2c(c1)OC1(c3ccc(O)c(O)c3)Oc3cc(O)c4c(c3C2C1OC1OCC(O)C(O)C1O)OC(c1ccc(O)c(O)c1)C(O)C4c1c(O)cc(O)c2c1OC(c1ccc(O)c(O)c1)C(O)C2. The molecule has 72 heavy (non-hydrogen) atoms. The lowest BCUT2D eigenvalue weighted by molar-refractivity contribution is -0.327. The van der Waals surface area contributed by atoms with Crippen molar-refractivity contribution in [3.8, 4) is 86.2 Å². The monoisotopic (exact) mass is 996 g/mol. The molecule has 0 aromatic heterocycles. The molecule has 376 valence electrons. The molecule has 6 aromatic carbocycles. The Balaban J connectivity index is 1.20. The zero-order valence-electron chi connectivity index (χ0n) is 36.9. The van der Waals surface area contributed by atoms with Gasteiger partial charge in [-0.15, -0.1) is 0 Å². The Morgan fingerprint density at radius 3 is 1.68 bits per heavy atom. The van der Waals surface area contributed by atoms with E-state index in [9.17, 15) is 81.7 Å². The Morgan fingerprint density at radius 1 is 0.458 bits per heavy atom. The predicted molar refractivity (Wildman–Crippen MR) is 239 cm³/mol. The van der Waals surface area contributed by atoms with Crippen LogP contribution in [-0.2, 0) is 21.7 Å². The van der Waals surface area contributed by atoms with Crippen molar-refractivity contribution in [3.63, 3.8) is 0 Å². The summed E-state index contributed by atoms with van der Waals surface area (Å²) in [7, 11) is 0. The second-order valence-corrected chi connectivity index (χ2v) is 18.2. The van der Waals surface area contributed by atoms with E-state index >= 15 is 0 Å². The summed E-state index contributed by atoms with van der Waals surface area (Å²) in [6, 6.07) is 14.5. The van der Waals surface area contributed by atoms with Gasteiger partial charge in [0.2, 0.25) is 0 Å². The molecule has 1 fully saturated rings. The molecule has 1 saturated heterocycles. The van der Waals surface area contributed by atoms with Gasteiger partial charge in [0.25, 0.3) is 0 Å².